The lowest BCUT2D eigenvalue weighted by Gasteiger charge is -2.30. The van der Waals surface area contributed by atoms with Crippen molar-refractivity contribution in [2.24, 2.45) is 11.0 Å². The van der Waals surface area contributed by atoms with Crippen molar-refractivity contribution in [3.8, 4) is 22.2 Å². The number of rotatable bonds is 19. The molecule has 2 aromatic heterocycles. The first-order valence-electron chi connectivity index (χ1n) is 13.1. The molecule has 0 radical (unpaired) electrons. The molecular weight excluding hydrogens is 588 g/mol. The molecule has 0 spiro atoms. The maximum absolute atomic E-state index is 13.6. The Morgan fingerprint density at radius 3 is 2.48 bits per heavy atom. The molecule has 1 aromatic carbocycles. The molecule has 0 aliphatic rings. The van der Waals surface area contributed by atoms with E-state index in [9.17, 15) is 18.3 Å². The lowest BCUT2D eigenvalue weighted by atomic mass is 10.1. The number of nitrogens with zero attached hydrogens (tertiary/aromatic N) is 6. The summed E-state index contributed by atoms with van der Waals surface area (Å²) in [6.07, 6.45) is 0.586. The SMILES string of the molecule is Cc1ccc(-c2noc(-c3ccc(S(=O)(=O)N(CCOCOCCCOCCN=[N+]=[N-])[C@@H](C(=O)O)C(C)C)cc3)n2)s1. The lowest BCUT2D eigenvalue weighted by molar-refractivity contribution is -0.143. The zero-order chi connectivity index (χ0) is 30.5. The summed E-state index contributed by atoms with van der Waals surface area (Å²) >= 11 is 1.53. The van der Waals surface area contributed by atoms with Gasteiger partial charge in [0.15, 0.2) is 0 Å². The zero-order valence-corrected chi connectivity index (χ0v) is 25.2. The second-order valence-corrected chi connectivity index (χ2v) is 12.5. The van der Waals surface area contributed by atoms with Crippen molar-refractivity contribution in [3.05, 3.63) is 51.7 Å². The number of carbonyl (C=O) groups is 1. The quantitative estimate of drug-likeness (QED) is 0.0651. The number of aryl methyl sites for hydroxylation is 1. The smallest absolute Gasteiger partial charge is 0.322 e. The van der Waals surface area contributed by atoms with Crippen molar-refractivity contribution in [3.63, 3.8) is 0 Å². The third-order valence-corrected chi connectivity index (χ3v) is 8.78. The minimum Gasteiger partial charge on any atom is -0.480 e. The number of carboxylic acid groups (broad SMARTS) is 1. The molecule has 14 nitrogen and oxygen atoms in total. The highest BCUT2D eigenvalue weighted by atomic mass is 32.2. The van der Waals surface area contributed by atoms with E-state index in [1.807, 2.05) is 19.1 Å². The molecule has 1 atom stereocenters. The van der Waals surface area contributed by atoms with Crippen LogP contribution in [0.1, 0.15) is 25.1 Å². The molecule has 1 N–H and O–H groups in total. The average molecular weight is 623 g/mol. The van der Waals surface area contributed by atoms with Gasteiger partial charge in [-0.1, -0.05) is 24.1 Å². The molecule has 2 heterocycles. The summed E-state index contributed by atoms with van der Waals surface area (Å²) in [6.45, 7) is 6.23. The third kappa shape index (κ3) is 9.32. The maximum atomic E-state index is 13.6. The molecule has 0 amide bonds. The van der Waals surface area contributed by atoms with E-state index in [1.54, 1.807) is 13.8 Å². The topological polar surface area (TPSA) is 190 Å². The fourth-order valence-electron chi connectivity index (χ4n) is 3.90. The maximum Gasteiger partial charge on any atom is 0.322 e. The van der Waals surface area contributed by atoms with Gasteiger partial charge in [-0.05, 0) is 61.2 Å². The highest BCUT2D eigenvalue weighted by molar-refractivity contribution is 7.89. The monoisotopic (exact) mass is 622 g/mol. The number of ether oxygens (including phenoxy) is 3. The Bertz CT molecular complexity index is 1430. The van der Waals surface area contributed by atoms with E-state index in [0.717, 1.165) is 14.1 Å². The minimum atomic E-state index is -4.22. The minimum absolute atomic E-state index is 0.0799. The molecule has 0 saturated heterocycles. The first-order valence-corrected chi connectivity index (χ1v) is 15.4. The Morgan fingerprint density at radius 1 is 1.12 bits per heavy atom. The summed E-state index contributed by atoms with van der Waals surface area (Å²) in [5.41, 5.74) is 8.73. The summed E-state index contributed by atoms with van der Waals surface area (Å²) in [4.78, 5) is 21.0. The van der Waals surface area contributed by atoms with Crippen LogP contribution in [0, 0.1) is 12.8 Å². The van der Waals surface area contributed by atoms with Crippen molar-refractivity contribution in [2.75, 3.05) is 46.3 Å². The van der Waals surface area contributed by atoms with E-state index in [-0.39, 0.29) is 37.3 Å². The van der Waals surface area contributed by atoms with Crippen LogP contribution < -0.4 is 0 Å². The van der Waals surface area contributed by atoms with Crippen molar-refractivity contribution >= 4 is 27.3 Å². The van der Waals surface area contributed by atoms with Gasteiger partial charge in [0, 0.05) is 35.0 Å². The molecular formula is C26H34N6O8S2. The molecule has 16 heteroatoms. The largest absolute Gasteiger partial charge is 0.480 e. The van der Waals surface area contributed by atoms with Crippen LogP contribution in [0.25, 0.3) is 32.6 Å². The molecule has 42 heavy (non-hydrogen) atoms. The van der Waals surface area contributed by atoms with Crippen molar-refractivity contribution in [2.45, 2.75) is 38.1 Å². The van der Waals surface area contributed by atoms with Gasteiger partial charge in [-0.25, -0.2) is 8.42 Å². The van der Waals surface area contributed by atoms with Crippen LogP contribution in [0.2, 0.25) is 0 Å². The molecule has 0 bridgehead atoms. The van der Waals surface area contributed by atoms with E-state index in [0.29, 0.717) is 37.6 Å². The fourth-order valence-corrected chi connectivity index (χ4v) is 6.39. The number of azide groups is 1. The number of carboxylic acids is 1. The Morgan fingerprint density at radius 2 is 1.83 bits per heavy atom. The predicted molar refractivity (Wildman–Crippen MR) is 154 cm³/mol. The summed E-state index contributed by atoms with van der Waals surface area (Å²) in [5, 5.41) is 17.2. The Labute approximate surface area is 247 Å². The van der Waals surface area contributed by atoms with Gasteiger partial charge in [0.1, 0.15) is 12.8 Å². The fraction of sp³-hybridized carbons (Fsp3) is 0.500. The first-order chi connectivity index (χ1) is 20.1. The Hall–Kier alpha value is -3.37. The van der Waals surface area contributed by atoms with E-state index in [4.69, 9.17) is 24.3 Å². The van der Waals surface area contributed by atoms with Crippen LogP contribution >= 0.6 is 11.3 Å². The van der Waals surface area contributed by atoms with E-state index >= 15 is 0 Å². The Balaban J connectivity index is 1.61. The van der Waals surface area contributed by atoms with Gasteiger partial charge in [-0.3, -0.25) is 4.79 Å². The van der Waals surface area contributed by atoms with Crippen molar-refractivity contribution < 1.29 is 37.1 Å². The van der Waals surface area contributed by atoms with Crippen LogP contribution in [0.15, 0.2) is 50.9 Å². The van der Waals surface area contributed by atoms with Gasteiger partial charge in [-0.15, -0.1) is 11.3 Å². The van der Waals surface area contributed by atoms with E-state index < -0.39 is 28.0 Å². The van der Waals surface area contributed by atoms with Gasteiger partial charge in [-0.2, -0.15) is 9.29 Å². The van der Waals surface area contributed by atoms with Crippen LogP contribution in [-0.2, 0) is 29.0 Å². The number of thiophene rings is 1. The number of benzene rings is 1. The summed E-state index contributed by atoms with van der Waals surface area (Å²) in [6, 6.07) is 8.39. The van der Waals surface area contributed by atoms with Gasteiger partial charge in [0.2, 0.25) is 15.8 Å². The highest BCUT2D eigenvalue weighted by Crippen LogP contribution is 2.29. The number of aliphatic carboxylic acids is 1. The normalized spacial score (nSPS) is 12.5. The van der Waals surface area contributed by atoms with Crippen LogP contribution in [0.4, 0.5) is 0 Å². The standard InChI is InChI=1S/C26H34N6O8S2/c1-18(2)23(26(33)34)32(12-16-39-17-38-14-4-13-37-15-11-28-31-27)42(35,36)21-8-6-20(7-9-21)25-29-24(30-40-25)22-10-5-19(3)41-22/h5-10,18,23H,4,11-17H2,1-3H3,(H,33,34)/t23-/m1/s1. The molecule has 0 aliphatic carbocycles. The number of sulfonamides is 1. The Kier molecular flexibility index (Phi) is 12.9. The molecule has 3 aromatic rings. The van der Waals surface area contributed by atoms with Crippen LogP contribution in [0.3, 0.4) is 0 Å². The lowest BCUT2D eigenvalue weighted by Crippen LogP contribution is -2.49. The molecule has 0 saturated carbocycles. The third-order valence-electron chi connectivity index (χ3n) is 5.89. The second-order valence-electron chi connectivity index (χ2n) is 9.36. The second kappa shape index (κ2) is 16.3. The van der Waals surface area contributed by atoms with Crippen LogP contribution in [-0.4, -0.2) is 86.3 Å². The summed E-state index contributed by atoms with van der Waals surface area (Å²) in [7, 11) is -4.22. The number of aromatic nitrogens is 2. The van der Waals surface area contributed by atoms with E-state index in [1.165, 1.54) is 35.6 Å². The first kappa shape index (κ1) is 33.1. The van der Waals surface area contributed by atoms with Gasteiger partial charge in [0.25, 0.3) is 5.89 Å². The summed E-state index contributed by atoms with van der Waals surface area (Å²) in [5.74, 6) is -1.10. The molecule has 0 fully saturated rings. The zero-order valence-electron chi connectivity index (χ0n) is 23.6. The van der Waals surface area contributed by atoms with Crippen molar-refractivity contribution in [1.82, 2.24) is 14.4 Å². The average Bonchev–Trinajstić information content (AvgIpc) is 3.62. The van der Waals surface area contributed by atoms with Crippen LogP contribution in [0.5, 0.6) is 0 Å². The van der Waals surface area contributed by atoms with Crippen molar-refractivity contribution in [1.29, 1.82) is 0 Å². The number of hydrogen-bond donors (Lipinski definition) is 1. The van der Waals surface area contributed by atoms with Gasteiger partial charge >= 0.3 is 5.97 Å². The summed E-state index contributed by atoms with van der Waals surface area (Å²) < 4.78 is 49.7. The van der Waals surface area contributed by atoms with E-state index in [2.05, 4.69) is 20.2 Å². The molecule has 0 aliphatic heterocycles. The molecule has 0 unspecified atom stereocenters. The number of hydrogen-bond acceptors (Lipinski definition) is 11. The molecule has 3 rings (SSSR count). The predicted octanol–water partition coefficient (Wildman–Crippen LogP) is 4.58. The van der Waals surface area contributed by atoms with Gasteiger partial charge in [0.05, 0.1) is 29.6 Å². The molecule has 228 valence electrons. The van der Waals surface area contributed by atoms with Gasteiger partial charge < -0.3 is 23.8 Å². The highest BCUT2D eigenvalue weighted by Gasteiger charge is 2.37.